The number of likely N-dealkylation sites (N-methyl/N-ethyl adjacent to an activating group) is 1. The van der Waals surface area contributed by atoms with E-state index in [1.54, 1.807) is 37.3 Å². The molecule has 0 aliphatic carbocycles. The molecule has 1 heterocycles. The lowest BCUT2D eigenvalue weighted by Gasteiger charge is -2.25. The van der Waals surface area contributed by atoms with E-state index in [2.05, 4.69) is 34.2 Å². The SMILES string of the molecule is C=CCC(CN(C)C(=O)c1cc(-n2cnnn2)ccc1OC)c1ccccc1. The Morgan fingerprint density at radius 1 is 1.29 bits per heavy atom. The molecular formula is C21H23N5O2. The molecule has 28 heavy (non-hydrogen) atoms. The number of ether oxygens (including phenoxy) is 1. The average molecular weight is 377 g/mol. The Hall–Kier alpha value is -3.48. The fourth-order valence-electron chi connectivity index (χ4n) is 3.15. The molecule has 3 aromatic rings. The zero-order chi connectivity index (χ0) is 19.9. The first kappa shape index (κ1) is 19.3. The molecule has 7 nitrogen and oxygen atoms in total. The number of aromatic nitrogens is 4. The third-order valence-corrected chi connectivity index (χ3v) is 4.59. The van der Waals surface area contributed by atoms with E-state index in [-0.39, 0.29) is 11.8 Å². The Morgan fingerprint density at radius 3 is 2.71 bits per heavy atom. The van der Waals surface area contributed by atoms with Crippen LogP contribution in [0.2, 0.25) is 0 Å². The molecular weight excluding hydrogens is 354 g/mol. The Morgan fingerprint density at radius 2 is 2.07 bits per heavy atom. The van der Waals surface area contributed by atoms with Crippen LogP contribution in [0.3, 0.4) is 0 Å². The van der Waals surface area contributed by atoms with Crippen LogP contribution in [0, 0.1) is 0 Å². The molecule has 1 unspecified atom stereocenters. The molecule has 0 radical (unpaired) electrons. The number of allylic oxidation sites excluding steroid dienone is 1. The lowest BCUT2D eigenvalue weighted by atomic mass is 9.95. The lowest BCUT2D eigenvalue weighted by Crippen LogP contribution is -2.31. The number of rotatable bonds is 8. The van der Waals surface area contributed by atoms with Crippen molar-refractivity contribution in [2.24, 2.45) is 0 Å². The van der Waals surface area contributed by atoms with Gasteiger partial charge in [-0.25, -0.2) is 4.68 Å². The average Bonchev–Trinajstić information content (AvgIpc) is 3.28. The van der Waals surface area contributed by atoms with Crippen molar-refractivity contribution in [1.82, 2.24) is 25.1 Å². The van der Waals surface area contributed by atoms with Crippen LogP contribution in [0.4, 0.5) is 0 Å². The fraction of sp³-hybridized carbons (Fsp3) is 0.238. The van der Waals surface area contributed by atoms with Gasteiger partial charge in [0.25, 0.3) is 5.91 Å². The number of nitrogens with zero attached hydrogens (tertiary/aromatic N) is 5. The summed E-state index contributed by atoms with van der Waals surface area (Å²) in [6, 6.07) is 15.4. The van der Waals surface area contributed by atoms with Crippen molar-refractivity contribution in [2.45, 2.75) is 12.3 Å². The molecule has 0 aliphatic heterocycles. The highest BCUT2D eigenvalue weighted by molar-refractivity contribution is 5.97. The van der Waals surface area contributed by atoms with E-state index >= 15 is 0 Å². The summed E-state index contributed by atoms with van der Waals surface area (Å²) in [5.74, 6) is 0.548. The molecule has 0 bridgehead atoms. The quantitative estimate of drug-likeness (QED) is 0.564. The first-order valence-electron chi connectivity index (χ1n) is 8.96. The Bertz CT molecular complexity index is 925. The Kier molecular flexibility index (Phi) is 6.16. The minimum absolute atomic E-state index is 0.128. The van der Waals surface area contributed by atoms with E-state index in [0.29, 0.717) is 23.5 Å². The van der Waals surface area contributed by atoms with E-state index < -0.39 is 0 Å². The summed E-state index contributed by atoms with van der Waals surface area (Å²) < 4.78 is 6.90. The predicted octanol–water partition coefficient (Wildman–Crippen LogP) is 3.10. The van der Waals surface area contributed by atoms with E-state index in [1.807, 2.05) is 24.3 Å². The smallest absolute Gasteiger partial charge is 0.257 e. The van der Waals surface area contributed by atoms with E-state index in [0.717, 1.165) is 6.42 Å². The summed E-state index contributed by atoms with van der Waals surface area (Å²) in [5, 5.41) is 11.2. The number of carbonyl (C=O) groups excluding carboxylic acids is 1. The minimum atomic E-state index is -0.128. The summed E-state index contributed by atoms with van der Waals surface area (Å²) in [6.07, 6.45) is 4.15. The van der Waals surface area contributed by atoms with Gasteiger partial charge < -0.3 is 9.64 Å². The molecule has 3 rings (SSSR count). The number of carbonyl (C=O) groups is 1. The highest BCUT2D eigenvalue weighted by atomic mass is 16.5. The molecule has 144 valence electrons. The first-order chi connectivity index (χ1) is 13.6. The Balaban J connectivity index is 1.85. The third-order valence-electron chi connectivity index (χ3n) is 4.59. The minimum Gasteiger partial charge on any atom is -0.496 e. The van der Waals surface area contributed by atoms with Gasteiger partial charge in [-0.3, -0.25) is 4.79 Å². The summed E-state index contributed by atoms with van der Waals surface area (Å²) in [5.41, 5.74) is 2.33. The maximum absolute atomic E-state index is 13.2. The molecule has 0 spiro atoms. The van der Waals surface area contributed by atoms with Crippen molar-refractivity contribution in [1.29, 1.82) is 0 Å². The van der Waals surface area contributed by atoms with E-state index in [9.17, 15) is 4.79 Å². The van der Waals surface area contributed by atoms with Crippen LogP contribution in [0.5, 0.6) is 5.75 Å². The molecule has 1 aromatic heterocycles. The zero-order valence-corrected chi connectivity index (χ0v) is 16.0. The first-order valence-corrected chi connectivity index (χ1v) is 8.96. The van der Waals surface area contributed by atoms with Gasteiger partial charge in [-0.05, 0) is 40.6 Å². The third kappa shape index (κ3) is 4.25. The molecule has 0 saturated heterocycles. The number of tetrazole rings is 1. The fourth-order valence-corrected chi connectivity index (χ4v) is 3.15. The van der Waals surface area contributed by atoms with Gasteiger partial charge in [0.1, 0.15) is 12.1 Å². The normalized spacial score (nSPS) is 11.6. The van der Waals surface area contributed by atoms with Crippen molar-refractivity contribution in [2.75, 3.05) is 20.7 Å². The molecule has 0 fully saturated rings. The van der Waals surface area contributed by atoms with Crippen LogP contribution in [-0.4, -0.2) is 51.7 Å². The van der Waals surface area contributed by atoms with Gasteiger partial charge in [0.05, 0.1) is 18.4 Å². The van der Waals surface area contributed by atoms with Crippen LogP contribution in [-0.2, 0) is 0 Å². The van der Waals surface area contributed by atoms with Crippen LogP contribution >= 0.6 is 0 Å². The van der Waals surface area contributed by atoms with Crippen molar-refractivity contribution < 1.29 is 9.53 Å². The maximum Gasteiger partial charge on any atom is 0.257 e. The van der Waals surface area contributed by atoms with E-state index in [4.69, 9.17) is 4.74 Å². The van der Waals surface area contributed by atoms with E-state index in [1.165, 1.54) is 16.6 Å². The highest BCUT2D eigenvalue weighted by Crippen LogP contribution is 2.25. The second kappa shape index (κ2) is 8.94. The number of hydrogen-bond acceptors (Lipinski definition) is 5. The molecule has 0 saturated carbocycles. The predicted molar refractivity (Wildman–Crippen MR) is 107 cm³/mol. The van der Waals surface area contributed by atoms with Crippen LogP contribution in [0.1, 0.15) is 28.3 Å². The topological polar surface area (TPSA) is 73.1 Å². The standard InChI is InChI=1S/C21H23N5O2/c1-4-8-17(16-9-6-5-7-10-16)14-25(2)21(27)19-13-18(11-12-20(19)28-3)26-15-22-23-24-26/h4-7,9-13,15,17H,1,8,14H2,2-3H3. The summed E-state index contributed by atoms with van der Waals surface area (Å²) in [7, 11) is 3.35. The van der Waals surface area contributed by atoms with Gasteiger partial charge in [0.15, 0.2) is 0 Å². The molecule has 1 atom stereocenters. The van der Waals surface area contributed by atoms with Crippen LogP contribution in [0.25, 0.3) is 5.69 Å². The summed E-state index contributed by atoms with van der Waals surface area (Å²) in [6.45, 7) is 4.42. The van der Waals surface area contributed by atoms with Gasteiger partial charge in [0.2, 0.25) is 0 Å². The van der Waals surface area contributed by atoms with Crippen molar-refractivity contribution in [3.05, 3.63) is 78.6 Å². The molecule has 7 heteroatoms. The molecule has 2 aromatic carbocycles. The molecule has 1 amide bonds. The summed E-state index contributed by atoms with van der Waals surface area (Å²) in [4.78, 5) is 14.9. The largest absolute Gasteiger partial charge is 0.496 e. The van der Waals surface area contributed by atoms with Crippen LogP contribution in [0.15, 0.2) is 67.5 Å². The maximum atomic E-state index is 13.2. The Labute approximate surface area is 164 Å². The number of benzene rings is 2. The summed E-state index contributed by atoms with van der Waals surface area (Å²) >= 11 is 0. The van der Waals surface area contributed by atoms with Gasteiger partial charge >= 0.3 is 0 Å². The number of methoxy groups -OCH3 is 1. The van der Waals surface area contributed by atoms with Gasteiger partial charge in [-0.2, -0.15) is 0 Å². The molecule has 0 aliphatic rings. The van der Waals surface area contributed by atoms with Crippen molar-refractivity contribution in [3.8, 4) is 11.4 Å². The monoisotopic (exact) mass is 377 g/mol. The molecule has 0 N–H and O–H groups in total. The highest BCUT2D eigenvalue weighted by Gasteiger charge is 2.21. The van der Waals surface area contributed by atoms with Gasteiger partial charge in [-0.1, -0.05) is 36.4 Å². The van der Waals surface area contributed by atoms with Crippen molar-refractivity contribution in [3.63, 3.8) is 0 Å². The van der Waals surface area contributed by atoms with Gasteiger partial charge in [-0.15, -0.1) is 11.7 Å². The van der Waals surface area contributed by atoms with Crippen LogP contribution < -0.4 is 4.74 Å². The lowest BCUT2D eigenvalue weighted by molar-refractivity contribution is 0.0783. The number of hydrogen-bond donors (Lipinski definition) is 0. The second-order valence-corrected chi connectivity index (χ2v) is 6.46. The van der Waals surface area contributed by atoms with Gasteiger partial charge in [0, 0.05) is 19.5 Å². The van der Waals surface area contributed by atoms with Crippen molar-refractivity contribution >= 4 is 5.91 Å². The second-order valence-electron chi connectivity index (χ2n) is 6.46. The number of amides is 1. The zero-order valence-electron chi connectivity index (χ0n) is 16.0.